The van der Waals surface area contributed by atoms with Crippen LogP contribution in [-0.2, 0) is 19.1 Å². The molecule has 0 radical (unpaired) electrons. The Bertz CT molecular complexity index is 653. The normalized spacial score (nSPS) is 18.6. The summed E-state index contributed by atoms with van der Waals surface area (Å²) in [5, 5.41) is 2.51. The van der Waals surface area contributed by atoms with Gasteiger partial charge in [0.1, 0.15) is 17.4 Å². The van der Waals surface area contributed by atoms with Gasteiger partial charge in [0, 0.05) is 6.08 Å². The van der Waals surface area contributed by atoms with Crippen molar-refractivity contribution in [2.45, 2.75) is 75.4 Å². The molecule has 0 saturated heterocycles. The van der Waals surface area contributed by atoms with Gasteiger partial charge in [0.2, 0.25) is 0 Å². The molecule has 1 N–H and O–H groups in total. The van der Waals surface area contributed by atoms with Gasteiger partial charge in [0.25, 0.3) is 11.8 Å². The second-order valence-corrected chi connectivity index (χ2v) is 10.8. The quantitative estimate of drug-likeness (QED) is 0.558. The lowest BCUT2D eigenvalue weighted by Crippen LogP contribution is -2.53. The Morgan fingerprint density at radius 1 is 1.24 bits per heavy atom. The van der Waals surface area contributed by atoms with Crippen molar-refractivity contribution in [3.8, 4) is 0 Å². The van der Waals surface area contributed by atoms with Gasteiger partial charge in [-0.1, -0.05) is 48.7 Å². The van der Waals surface area contributed by atoms with Gasteiger partial charge in [-0.2, -0.15) is 0 Å². The van der Waals surface area contributed by atoms with E-state index in [1.165, 1.54) is 13.2 Å². The first-order chi connectivity index (χ1) is 13.1. The molecule has 1 rings (SSSR count). The summed E-state index contributed by atoms with van der Waals surface area (Å²) in [5.74, 6) is -0.529. The smallest absolute Gasteiger partial charge is 0.408 e. The van der Waals surface area contributed by atoms with Crippen LogP contribution in [0.3, 0.4) is 0 Å². The molecule has 0 spiro atoms. The van der Waals surface area contributed by atoms with Gasteiger partial charge in [-0.25, -0.2) is 4.79 Å². The molecule has 3 amide bonds. The third-order valence-corrected chi connectivity index (χ3v) is 4.58. The molecule has 10 heteroatoms. The Balaban J connectivity index is 3.10. The molecule has 7 nitrogen and oxygen atoms in total. The fourth-order valence-electron chi connectivity index (χ4n) is 2.88. The Hall–Kier alpha value is -1.18. The monoisotopic (exact) mass is 470 g/mol. The number of methoxy groups -OCH3 is 1. The van der Waals surface area contributed by atoms with Crippen LogP contribution in [0.4, 0.5) is 4.79 Å². The lowest BCUT2D eigenvalue weighted by Gasteiger charge is -2.30. The Morgan fingerprint density at radius 3 is 2.28 bits per heavy atom. The molecule has 1 aliphatic heterocycles. The Morgan fingerprint density at radius 2 is 1.83 bits per heavy atom. The van der Waals surface area contributed by atoms with Crippen LogP contribution in [0.25, 0.3) is 0 Å². The number of hydrogen-bond donors (Lipinski definition) is 1. The lowest BCUT2D eigenvalue weighted by molar-refractivity contribution is -0.145. The van der Waals surface area contributed by atoms with Crippen LogP contribution in [0, 0.1) is 5.92 Å². The lowest BCUT2D eigenvalue weighted by atomic mass is 10.0. The van der Waals surface area contributed by atoms with Crippen LogP contribution >= 0.6 is 34.8 Å². The van der Waals surface area contributed by atoms with Crippen molar-refractivity contribution in [1.82, 2.24) is 10.2 Å². The average Bonchev–Trinajstić information content (AvgIpc) is 2.83. The zero-order chi connectivity index (χ0) is 22.6. The summed E-state index contributed by atoms with van der Waals surface area (Å²) < 4.78 is 8.90. The van der Waals surface area contributed by atoms with Crippen molar-refractivity contribution in [3.63, 3.8) is 0 Å². The van der Waals surface area contributed by atoms with Crippen molar-refractivity contribution in [3.05, 3.63) is 11.8 Å². The molecule has 0 unspecified atom stereocenters. The number of nitrogens with zero attached hydrogens (tertiary/aromatic N) is 1. The average molecular weight is 472 g/mol. The Labute approximate surface area is 187 Å². The van der Waals surface area contributed by atoms with Crippen molar-refractivity contribution in [2.75, 3.05) is 7.11 Å². The number of alkyl carbamates (subject to hydrolysis) is 1. The van der Waals surface area contributed by atoms with E-state index in [1.54, 1.807) is 20.8 Å². The summed E-state index contributed by atoms with van der Waals surface area (Å²) in [7, 11) is 1.44. The summed E-state index contributed by atoms with van der Waals surface area (Å²) >= 11 is 17.5. The minimum atomic E-state index is -1.61. The first kappa shape index (κ1) is 25.9. The van der Waals surface area contributed by atoms with Crippen molar-refractivity contribution in [1.29, 1.82) is 0 Å². The number of alkyl halides is 3. The number of hydrogen-bond acceptors (Lipinski definition) is 5. The van der Waals surface area contributed by atoms with Gasteiger partial charge in [-0.3, -0.25) is 14.5 Å². The van der Waals surface area contributed by atoms with Crippen LogP contribution in [0.5, 0.6) is 0 Å². The van der Waals surface area contributed by atoms with Crippen LogP contribution in [0.2, 0.25) is 0 Å². The zero-order valence-electron chi connectivity index (χ0n) is 17.6. The predicted octanol–water partition coefficient (Wildman–Crippen LogP) is 4.34. The summed E-state index contributed by atoms with van der Waals surface area (Å²) in [6.45, 7) is 9.03. The zero-order valence-corrected chi connectivity index (χ0v) is 19.8. The number of carbonyl (C=O) groups excluding carboxylic acids is 3. The van der Waals surface area contributed by atoms with E-state index in [0.29, 0.717) is 12.2 Å². The fraction of sp³-hybridized carbons (Fsp3) is 0.737. The summed E-state index contributed by atoms with van der Waals surface area (Å²) in [6.07, 6.45) is 0.998. The SMILES string of the molecule is COC1=CC(=O)N(C(=O)[C@H](CCC(Cl)(Cl)Cl)NC(=O)OC(C)(C)C)[C@@H]1CC(C)C. The second kappa shape index (κ2) is 10.2. The molecule has 0 aromatic carbocycles. The number of imide groups is 1. The van der Waals surface area contributed by atoms with Gasteiger partial charge in [0.05, 0.1) is 13.2 Å². The molecule has 1 heterocycles. The van der Waals surface area contributed by atoms with Gasteiger partial charge >= 0.3 is 6.09 Å². The first-order valence-corrected chi connectivity index (χ1v) is 10.5. The maximum absolute atomic E-state index is 13.2. The fourth-order valence-corrected chi connectivity index (χ4v) is 3.20. The first-order valence-electron chi connectivity index (χ1n) is 9.33. The molecule has 0 aliphatic carbocycles. The third-order valence-electron chi connectivity index (χ3n) is 4.02. The van der Waals surface area contributed by atoms with E-state index in [2.05, 4.69) is 5.32 Å². The second-order valence-electron chi connectivity index (χ2n) is 8.30. The van der Waals surface area contributed by atoms with Crippen molar-refractivity contribution >= 4 is 52.7 Å². The topological polar surface area (TPSA) is 84.9 Å². The maximum atomic E-state index is 13.2. The highest BCUT2D eigenvalue weighted by atomic mass is 35.6. The summed E-state index contributed by atoms with van der Waals surface area (Å²) in [6, 6.07) is -1.67. The van der Waals surface area contributed by atoms with Crippen LogP contribution < -0.4 is 5.32 Å². The molecule has 0 aromatic rings. The Kier molecular flexibility index (Phi) is 9.12. The summed E-state index contributed by atoms with van der Waals surface area (Å²) in [5.41, 5.74) is -0.763. The van der Waals surface area contributed by atoms with Crippen molar-refractivity contribution in [2.24, 2.45) is 5.92 Å². The van der Waals surface area contributed by atoms with E-state index < -0.39 is 39.4 Å². The van der Waals surface area contributed by atoms with E-state index >= 15 is 0 Å². The highest BCUT2D eigenvalue weighted by molar-refractivity contribution is 6.67. The predicted molar refractivity (Wildman–Crippen MR) is 113 cm³/mol. The number of halogens is 3. The van der Waals surface area contributed by atoms with Gasteiger partial charge < -0.3 is 14.8 Å². The molecule has 166 valence electrons. The number of carbonyl (C=O) groups is 3. The molecule has 29 heavy (non-hydrogen) atoms. The van der Waals surface area contributed by atoms with E-state index in [-0.39, 0.29) is 18.8 Å². The number of rotatable bonds is 7. The molecular formula is C19H29Cl3N2O5. The molecule has 0 bridgehead atoms. The van der Waals surface area contributed by atoms with Crippen LogP contribution in [0.1, 0.15) is 53.9 Å². The van der Waals surface area contributed by atoms with Gasteiger partial charge in [0.15, 0.2) is 3.79 Å². The molecule has 2 atom stereocenters. The highest BCUT2D eigenvalue weighted by Gasteiger charge is 2.42. The summed E-state index contributed by atoms with van der Waals surface area (Å²) in [4.78, 5) is 39.1. The molecule has 1 aliphatic rings. The van der Waals surface area contributed by atoms with Crippen LogP contribution in [0.15, 0.2) is 11.8 Å². The van der Waals surface area contributed by atoms with Gasteiger partial charge in [-0.05, 0) is 46.0 Å². The number of nitrogens with one attached hydrogen (secondary N) is 1. The van der Waals surface area contributed by atoms with E-state index in [0.717, 1.165) is 4.90 Å². The number of ether oxygens (including phenoxy) is 2. The largest absolute Gasteiger partial charge is 0.499 e. The van der Waals surface area contributed by atoms with E-state index in [1.807, 2.05) is 13.8 Å². The number of amides is 3. The molecule has 0 saturated carbocycles. The molecule has 0 aromatic heterocycles. The minimum Gasteiger partial charge on any atom is -0.499 e. The maximum Gasteiger partial charge on any atom is 0.408 e. The van der Waals surface area contributed by atoms with E-state index in [4.69, 9.17) is 44.3 Å². The van der Waals surface area contributed by atoms with E-state index in [9.17, 15) is 14.4 Å². The highest BCUT2D eigenvalue weighted by Crippen LogP contribution is 2.33. The standard InChI is InChI=1S/C19H29Cl3N2O5/c1-11(2)9-13-14(28-6)10-15(25)24(13)16(26)12(7-8-19(20,21)22)23-17(27)29-18(3,4)5/h10-13H,7-9H2,1-6H3,(H,23,27)/t12-,13+/m0/s1. The minimum absolute atomic E-state index is 0.00862. The van der Waals surface area contributed by atoms with Crippen molar-refractivity contribution < 1.29 is 23.9 Å². The third kappa shape index (κ3) is 8.60. The molecule has 0 fully saturated rings. The van der Waals surface area contributed by atoms with Gasteiger partial charge in [-0.15, -0.1) is 0 Å². The van der Waals surface area contributed by atoms with Crippen LogP contribution in [-0.4, -0.2) is 51.4 Å². The molecular weight excluding hydrogens is 443 g/mol.